The number of rotatable bonds is 6. The number of likely N-dealkylation sites (N-methyl/N-ethyl adjacent to an activating group) is 1. The van der Waals surface area contributed by atoms with Crippen LogP contribution in [0.4, 0.5) is 4.79 Å². The van der Waals surface area contributed by atoms with E-state index in [2.05, 4.69) is 24.3 Å². The Labute approximate surface area is 155 Å². The molecule has 1 heterocycles. The molecule has 0 radical (unpaired) electrons. The first kappa shape index (κ1) is 18.3. The Morgan fingerprint density at radius 2 is 1.92 bits per heavy atom. The topological polar surface area (TPSA) is 44.8 Å². The van der Waals surface area contributed by atoms with Crippen LogP contribution in [-0.2, 0) is 13.2 Å². The first-order valence-electron chi connectivity index (χ1n) is 9.06. The van der Waals surface area contributed by atoms with E-state index in [1.807, 2.05) is 59.5 Å². The Bertz CT molecular complexity index is 718. The zero-order valence-corrected chi connectivity index (χ0v) is 15.5. The normalized spacial score (nSPS) is 16.7. The van der Waals surface area contributed by atoms with Crippen LogP contribution in [0.5, 0.6) is 5.75 Å². The fourth-order valence-corrected chi connectivity index (χ4v) is 3.12. The van der Waals surface area contributed by atoms with Crippen LogP contribution in [0.1, 0.15) is 17.5 Å². The first-order valence-corrected chi connectivity index (χ1v) is 9.06. The summed E-state index contributed by atoms with van der Waals surface area (Å²) in [6, 6.07) is 18.4. The highest BCUT2D eigenvalue weighted by atomic mass is 16.5. The molecule has 26 heavy (non-hydrogen) atoms. The maximum atomic E-state index is 12.3. The fourth-order valence-electron chi connectivity index (χ4n) is 3.12. The van der Waals surface area contributed by atoms with E-state index >= 15 is 0 Å². The average molecular weight is 353 g/mol. The van der Waals surface area contributed by atoms with Crippen molar-refractivity contribution in [3.63, 3.8) is 0 Å². The van der Waals surface area contributed by atoms with E-state index in [4.69, 9.17) is 4.74 Å². The van der Waals surface area contributed by atoms with Gasteiger partial charge in [0.1, 0.15) is 12.4 Å². The molecule has 5 nitrogen and oxygen atoms in total. The van der Waals surface area contributed by atoms with Gasteiger partial charge in [-0.1, -0.05) is 42.5 Å². The van der Waals surface area contributed by atoms with Gasteiger partial charge in [-0.25, -0.2) is 4.79 Å². The van der Waals surface area contributed by atoms with Crippen LogP contribution in [0.25, 0.3) is 0 Å². The molecule has 3 rings (SSSR count). The molecule has 0 aliphatic carbocycles. The molecule has 1 aliphatic rings. The summed E-state index contributed by atoms with van der Waals surface area (Å²) in [7, 11) is 4.13. The lowest BCUT2D eigenvalue weighted by molar-refractivity contribution is 0.203. The monoisotopic (exact) mass is 353 g/mol. The van der Waals surface area contributed by atoms with Crippen molar-refractivity contribution in [2.75, 3.05) is 27.2 Å². The quantitative estimate of drug-likeness (QED) is 0.868. The van der Waals surface area contributed by atoms with Gasteiger partial charge >= 0.3 is 6.03 Å². The summed E-state index contributed by atoms with van der Waals surface area (Å²) in [5.74, 6) is 0.814. The van der Waals surface area contributed by atoms with Gasteiger partial charge in [-0.05, 0) is 43.8 Å². The molecule has 2 aromatic carbocycles. The fraction of sp³-hybridized carbons (Fsp3) is 0.381. The molecule has 2 aromatic rings. The number of urea groups is 1. The van der Waals surface area contributed by atoms with Gasteiger partial charge in [0.05, 0.1) is 0 Å². The second-order valence-corrected chi connectivity index (χ2v) is 6.93. The molecule has 0 aromatic heterocycles. The van der Waals surface area contributed by atoms with Gasteiger partial charge in [-0.2, -0.15) is 0 Å². The van der Waals surface area contributed by atoms with E-state index in [9.17, 15) is 4.79 Å². The largest absolute Gasteiger partial charge is 0.489 e. The predicted molar refractivity (Wildman–Crippen MR) is 103 cm³/mol. The summed E-state index contributed by atoms with van der Waals surface area (Å²) >= 11 is 0. The van der Waals surface area contributed by atoms with Crippen LogP contribution in [0.15, 0.2) is 54.6 Å². The predicted octanol–water partition coefficient (Wildman–Crippen LogP) is 3.11. The van der Waals surface area contributed by atoms with E-state index in [0.29, 0.717) is 19.2 Å². The lowest BCUT2D eigenvalue weighted by atomic mass is 10.2. The summed E-state index contributed by atoms with van der Waals surface area (Å²) in [6.45, 7) is 2.65. The number of nitrogens with zero attached hydrogens (tertiary/aromatic N) is 2. The second-order valence-electron chi connectivity index (χ2n) is 6.93. The van der Waals surface area contributed by atoms with Gasteiger partial charge in [0, 0.05) is 25.7 Å². The number of likely N-dealkylation sites (tertiary alicyclic amines) is 1. The van der Waals surface area contributed by atoms with E-state index in [1.165, 1.54) is 0 Å². The highest BCUT2D eigenvalue weighted by Gasteiger charge is 2.27. The highest BCUT2D eigenvalue weighted by molar-refractivity contribution is 5.74. The molecule has 1 fully saturated rings. The Hall–Kier alpha value is -2.53. The standard InChI is InChI=1S/C21H27N3O2/c1-23(2)19-11-12-24(15-19)21(25)22-14-18-9-6-10-20(13-18)26-16-17-7-4-3-5-8-17/h3-10,13,19H,11-12,14-16H2,1-2H3,(H,22,25)/t19-/m0/s1. The van der Waals surface area contributed by atoms with Crippen molar-refractivity contribution in [3.8, 4) is 5.75 Å². The number of nitrogens with one attached hydrogen (secondary N) is 1. The van der Waals surface area contributed by atoms with Crippen molar-refractivity contribution in [3.05, 3.63) is 65.7 Å². The Morgan fingerprint density at radius 3 is 2.65 bits per heavy atom. The molecule has 2 amide bonds. The van der Waals surface area contributed by atoms with Gasteiger partial charge in [-0.3, -0.25) is 0 Å². The van der Waals surface area contributed by atoms with Crippen LogP contribution in [0, 0.1) is 0 Å². The third-order valence-electron chi connectivity index (χ3n) is 4.77. The van der Waals surface area contributed by atoms with Crippen LogP contribution in [0.3, 0.4) is 0 Å². The molecule has 1 aliphatic heterocycles. The lowest BCUT2D eigenvalue weighted by Gasteiger charge is -2.20. The number of benzene rings is 2. The molecule has 0 bridgehead atoms. The van der Waals surface area contributed by atoms with Crippen LogP contribution in [0.2, 0.25) is 0 Å². The number of carbonyl (C=O) groups excluding carboxylic acids is 1. The van der Waals surface area contributed by atoms with E-state index in [0.717, 1.165) is 36.4 Å². The van der Waals surface area contributed by atoms with Gasteiger partial charge in [-0.15, -0.1) is 0 Å². The van der Waals surface area contributed by atoms with Gasteiger partial charge < -0.3 is 19.9 Å². The lowest BCUT2D eigenvalue weighted by Crippen LogP contribution is -2.40. The number of carbonyl (C=O) groups is 1. The maximum Gasteiger partial charge on any atom is 0.317 e. The summed E-state index contributed by atoms with van der Waals surface area (Å²) < 4.78 is 5.85. The molecule has 0 unspecified atom stereocenters. The molecule has 1 saturated heterocycles. The van der Waals surface area contributed by atoms with Crippen LogP contribution < -0.4 is 10.1 Å². The van der Waals surface area contributed by atoms with Gasteiger partial charge in [0.25, 0.3) is 0 Å². The second kappa shape index (κ2) is 8.72. The van der Waals surface area contributed by atoms with E-state index < -0.39 is 0 Å². The molecule has 5 heteroatoms. The first-order chi connectivity index (χ1) is 12.6. The number of hydrogen-bond acceptors (Lipinski definition) is 3. The zero-order valence-electron chi connectivity index (χ0n) is 15.5. The minimum Gasteiger partial charge on any atom is -0.489 e. The van der Waals surface area contributed by atoms with Crippen molar-refractivity contribution < 1.29 is 9.53 Å². The highest BCUT2D eigenvalue weighted by Crippen LogP contribution is 2.16. The third-order valence-corrected chi connectivity index (χ3v) is 4.77. The van der Waals surface area contributed by atoms with Crippen LogP contribution in [-0.4, -0.2) is 49.1 Å². The van der Waals surface area contributed by atoms with Crippen molar-refractivity contribution in [1.82, 2.24) is 15.1 Å². The van der Waals surface area contributed by atoms with E-state index in [-0.39, 0.29) is 6.03 Å². The minimum atomic E-state index is 0.00459. The van der Waals surface area contributed by atoms with Crippen molar-refractivity contribution in [1.29, 1.82) is 0 Å². The maximum absolute atomic E-state index is 12.3. The van der Waals surface area contributed by atoms with Crippen molar-refractivity contribution in [2.24, 2.45) is 0 Å². The van der Waals surface area contributed by atoms with Crippen molar-refractivity contribution >= 4 is 6.03 Å². The molecule has 1 N–H and O–H groups in total. The summed E-state index contributed by atoms with van der Waals surface area (Å²) in [5.41, 5.74) is 2.17. The zero-order chi connectivity index (χ0) is 18.4. The molecular formula is C21H27N3O2. The molecular weight excluding hydrogens is 326 g/mol. The van der Waals surface area contributed by atoms with Crippen molar-refractivity contribution in [2.45, 2.75) is 25.6 Å². The van der Waals surface area contributed by atoms with Crippen LogP contribution >= 0.6 is 0 Å². The smallest absolute Gasteiger partial charge is 0.317 e. The molecule has 0 spiro atoms. The third kappa shape index (κ3) is 4.99. The summed E-state index contributed by atoms with van der Waals surface area (Å²) in [6.07, 6.45) is 1.03. The van der Waals surface area contributed by atoms with Gasteiger partial charge in [0.2, 0.25) is 0 Å². The summed E-state index contributed by atoms with van der Waals surface area (Å²) in [5, 5.41) is 3.01. The minimum absolute atomic E-state index is 0.00459. The van der Waals surface area contributed by atoms with E-state index in [1.54, 1.807) is 0 Å². The number of ether oxygens (including phenoxy) is 1. The molecule has 1 atom stereocenters. The SMILES string of the molecule is CN(C)[C@H]1CCN(C(=O)NCc2cccc(OCc3ccccc3)c2)C1. The average Bonchev–Trinajstić information content (AvgIpc) is 3.16. The number of amides is 2. The Morgan fingerprint density at radius 1 is 1.15 bits per heavy atom. The Balaban J connectivity index is 1.48. The molecule has 138 valence electrons. The number of hydrogen-bond donors (Lipinski definition) is 1. The summed E-state index contributed by atoms with van der Waals surface area (Å²) in [4.78, 5) is 16.4. The van der Waals surface area contributed by atoms with Gasteiger partial charge in [0.15, 0.2) is 0 Å². The molecule has 0 saturated carbocycles. The Kier molecular flexibility index (Phi) is 6.12.